The van der Waals surface area contributed by atoms with Crippen molar-refractivity contribution >= 4 is 5.97 Å². The molecule has 0 amide bonds. The zero-order chi connectivity index (χ0) is 18.6. The van der Waals surface area contributed by atoms with Gasteiger partial charge in [-0.15, -0.1) is 0 Å². The summed E-state index contributed by atoms with van der Waals surface area (Å²) in [7, 11) is 0. The number of carbonyl (C=O) groups is 1. The molecule has 1 aromatic rings. The molecule has 146 valence electrons. The second-order valence-electron chi connectivity index (χ2n) is 8.09. The number of carbonyl (C=O) groups excluding carboxylic acids is 1. The Morgan fingerprint density at radius 1 is 0.885 bits per heavy atom. The molecule has 2 heteroatoms. The van der Waals surface area contributed by atoms with Crippen LogP contribution in [0.3, 0.4) is 0 Å². The number of ether oxygens (including phenoxy) is 1. The van der Waals surface area contributed by atoms with Gasteiger partial charge in [-0.25, -0.2) is 0 Å². The van der Waals surface area contributed by atoms with Crippen molar-refractivity contribution in [1.29, 1.82) is 0 Å². The van der Waals surface area contributed by atoms with E-state index >= 15 is 0 Å². The van der Waals surface area contributed by atoms with Crippen molar-refractivity contribution < 1.29 is 9.53 Å². The lowest BCUT2D eigenvalue weighted by molar-refractivity contribution is -0.140. The van der Waals surface area contributed by atoms with Crippen LogP contribution >= 0.6 is 0 Å². The molecule has 1 saturated carbocycles. The third-order valence-electron chi connectivity index (χ3n) is 5.86. The highest BCUT2D eigenvalue weighted by molar-refractivity contribution is 5.75. The molecule has 0 spiro atoms. The molecule has 26 heavy (non-hydrogen) atoms. The van der Waals surface area contributed by atoms with Crippen molar-refractivity contribution in [2.75, 3.05) is 0 Å². The SMILES string of the molecule is CCCCCCc1ccc(OC(=O)[C@H]2CC[C@H](CCCCC)CC2)cc1. The topological polar surface area (TPSA) is 26.3 Å². The van der Waals surface area contributed by atoms with E-state index in [4.69, 9.17) is 4.74 Å². The zero-order valence-electron chi connectivity index (χ0n) is 17.0. The number of aryl methyl sites for hydroxylation is 1. The van der Waals surface area contributed by atoms with Crippen LogP contribution in [0.2, 0.25) is 0 Å². The van der Waals surface area contributed by atoms with Gasteiger partial charge in [-0.2, -0.15) is 0 Å². The number of rotatable bonds is 11. The summed E-state index contributed by atoms with van der Waals surface area (Å²) in [5, 5.41) is 0. The molecule has 0 radical (unpaired) electrons. The monoisotopic (exact) mass is 358 g/mol. The number of unbranched alkanes of at least 4 members (excludes halogenated alkanes) is 5. The number of benzene rings is 1. The van der Waals surface area contributed by atoms with Crippen molar-refractivity contribution in [3.8, 4) is 5.75 Å². The Morgan fingerprint density at radius 2 is 1.54 bits per heavy atom. The molecular formula is C24H38O2. The summed E-state index contributed by atoms with van der Waals surface area (Å²) in [6.07, 6.45) is 16.0. The Balaban J connectivity index is 1.69. The fraction of sp³-hybridized carbons (Fsp3) is 0.708. The molecule has 0 atom stereocenters. The van der Waals surface area contributed by atoms with E-state index in [1.54, 1.807) is 0 Å². The van der Waals surface area contributed by atoms with Crippen LogP contribution in [0.25, 0.3) is 0 Å². The number of hydrogen-bond donors (Lipinski definition) is 0. The van der Waals surface area contributed by atoms with Crippen molar-refractivity contribution in [2.45, 2.75) is 97.3 Å². The summed E-state index contributed by atoms with van der Waals surface area (Å²) in [6.45, 7) is 4.49. The molecule has 1 aliphatic carbocycles. The summed E-state index contributed by atoms with van der Waals surface area (Å²) < 4.78 is 5.65. The van der Waals surface area contributed by atoms with Gasteiger partial charge in [0, 0.05) is 0 Å². The van der Waals surface area contributed by atoms with Gasteiger partial charge in [-0.3, -0.25) is 4.79 Å². The Labute approximate surface area is 160 Å². The lowest BCUT2D eigenvalue weighted by atomic mass is 9.80. The Hall–Kier alpha value is -1.31. The van der Waals surface area contributed by atoms with Gasteiger partial charge in [0.25, 0.3) is 0 Å². The van der Waals surface area contributed by atoms with Crippen LogP contribution in [-0.4, -0.2) is 5.97 Å². The first kappa shape index (κ1) is 21.0. The third kappa shape index (κ3) is 7.51. The van der Waals surface area contributed by atoms with Crippen molar-refractivity contribution in [3.05, 3.63) is 29.8 Å². The van der Waals surface area contributed by atoms with E-state index in [1.165, 1.54) is 69.8 Å². The Morgan fingerprint density at radius 3 is 2.19 bits per heavy atom. The molecule has 0 bridgehead atoms. The first-order valence-corrected chi connectivity index (χ1v) is 11.0. The highest BCUT2D eigenvalue weighted by Crippen LogP contribution is 2.33. The minimum atomic E-state index is -0.0206. The quantitative estimate of drug-likeness (QED) is 0.239. The van der Waals surface area contributed by atoms with Gasteiger partial charge in [-0.1, -0.05) is 70.9 Å². The minimum Gasteiger partial charge on any atom is -0.426 e. The van der Waals surface area contributed by atoms with Gasteiger partial charge in [0.2, 0.25) is 0 Å². The normalized spacial score (nSPS) is 20.1. The number of esters is 1. The van der Waals surface area contributed by atoms with Gasteiger partial charge in [-0.05, 0) is 62.1 Å². The van der Waals surface area contributed by atoms with Gasteiger partial charge in [0.1, 0.15) is 5.75 Å². The largest absolute Gasteiger partial charge is 0.426 e. The average Bonchev–Trinajstić information content (AvgIpc) is 2.67. The summed E-state index contributed by atoms with van der Waals surface area (Å²) in [4.78, 5) is 12.4. The van der Waals surface area contributed by atoms with Crippen molar-refractivity contribution in [2.24, 2.45) is 11.8 Å². The predicted molar refractivity (Wildman–Crippen MR) is 110 cm³/mol. The molecule has 0 saturated heterocycles. The molecule has 1 aromatic carbocycles. The van der Waals surface area contributed by atoms with E-state index in [-0.39, 0.29) is 11.9 Å². The summed E-state index contributed by atoms with van der Waals surface area (Å²) in [5.74, 6) is 1.62. The highest BCUT2D eigenvalue weighted by atomic mass is 16.5. The minimum absolute atomic E-state index is 0.0206. The van der Waals surface area contributed by atoms with Gasteiger partial charge in [0.05, 0.1) is 5.92 Å². The van der Waals surface area contributed by atoms with Crippen LogP contribution < -0.4 is 4.74 Å². The van der Waals surface area contributed by atoms with E-state index in [1.807, 2.05) is 12.1 Å². The van der Waals surface area contributed by atoms with Crippen LogP contribution in [0.4, 0.5) is 0 Å². The van der Waals surface area contributed by atoms with Crippen LogP contribution in [0.1, 0.15) is 96.5 Å². The lowest BCUT2D eigenvalue weighted by Gasteiger charge is -2.27. The first-order valence-electron chi connectivity index (χ1n) is 11.0. The molecule has 2 rings (SSSR count). The Kier molecular flexibility index (Phi) is 9.81. The predicted octanol–water partition coefficient (Wildman–Crippen LogP) is 7.10. The van der Waals surface area contributed by atoms with Crippen LogP contribution in [-0.2, 0) is 11.2 Å². The van der Waals surface area contributed by atoms with Gasteiger partial charge >= 0.3 is 5.97 Å². The summed E-state index contributed by atoms with van der Waals surface area (Å²) >= 11 is 0. The van der Waals surface area contributed by atoms with E-state index in [9.17, 15) is 4.79 Å². The molecule has 0 unspecified atom stereocenters. The molecule has 0 aliphatic heterocycles. The van der Waals surface area contributed by atoms with Crippen LogP contribution in [0.5, 0.6) is 5.75 Å². The van der Waals surface area contributed by atoms with E-state index in [2.05, 4.69) is 26.0 Å². The van der Waals surface area contributed by atoms with Crippen molar-refractivity contribution in [1.82, 2.24) is 0 Å². The summed E-state index contributed by atoms with van der Waals surface area (Å²) in [5.41, 5.74) is 1.34. The second-order valence-corrected chi connectivity index (χ2v) is 8.09. The molecule has 1 aliphatic rings. The van der Waals surface area contributed by atoms with E-state index < -0.39 is 0 Å². The molecule has 0 heterocycles. The van der Waals surface area contributed by atoms with Crippen LogP contribution in [0.15, 0.2) is 24.3 Å². The molecular weight excluding hydrogens is 320 g/mol. The number of hydrogen-bond acceptors (Lipinski definition) is 2. The fourth-order valence-electron chi connectivity index (χ4n) is 4.05. The average molecular weight is 359 g/mol. The van der Waals surface area contributed by atoms with Crippen LogP contribution in [0, 0.1) is 11.8 Å². The fourth-order valence-corrected chi connectivity index (χ4v) is 4.05. The second kappa shape index (κ2) is 12.1. The first-order chi connectivity index (χ1) is 12.7. The van der Waals surface area contributed by atoms with Gasteiger partial charge in [0.15, 0.2) is 0 Å². The molecule has 0 N–H and O–H groups in total. The maximum Gasteiger partial charge on any atom is 0.314 e. The highest BCUT2D eigenvalue weighted by Gasteiger charge is 2.27. The third-order valence-corrected chi connectivity index (χ3v) is 5.86. The zero-order valence-corrected chi connectivity index (χ0v) is 17.0. The smallest absolute Gasteiger partial charge is 0.314 e. The standard InChI is InChI=1S/C24H38O2/c1-3-5-7-9-11-21-14-18-23(19-15-21)26-24(25)22-16-12-20(13-17-22)10-8-6-4-2/h14-15,18-20,22H,3-13,16-17H2,1-2H3/t20-,22-. The maximum atomic E-state index is 12.4. The van der Waals surface area contributed by atoms with Crippen molar-refractivity contribution in [3.63, 3.8) is 0 Å². The maximum absolute atomic E-state index is 12.4. The lowest BCUT2D eigenvalue weighted by Crippen LogP contribution is -2.25. The molecule has 1 fully saturated rings. The molecule has 2 nitrogen and oxygen atoms in total. The van der Waals surface area contributed by atoms with Gasteiger partial charge < -0.3 is 4.74 Å². The van der Waals surface area contributed by atoms with E-state index in [0.717, 1.165) is 25.2 Å². The summed E-state index contributed by atoms with van der Waals surface area (Å²) in [6, 6.07) is 8.14. The Bertz CT molecular complexity index is 497. The molecule has 0 aromatic heterocycles. The van der Waals surface area contributed by atoms with E-state index in [0.29, 0.717) is 5.75 Å².